The van der Waals surface area contributed by atoms with Crippen LogP contribution in [0.25, 0.3) is 0 Å². The van der Waals surface area contributed by atoms with E-state index in [1.807, 2.05) is 24.3 Å². The fourth-order valence-electron chi connectivity index (χ4n) is 3.86. The van der Waals surface area contributed by atoms with Gasteiger partial charge < -0.3 is 14.5 Å². The van der Waals surface area contributed by atoms with Crippen molar-refractivity contribution in [2.45, 2.75) is 44.6 Å². The number of benzene rings is 1. The van der Waals surface area contributed by atoms with Crippen LogP contribution in [0.2, 0.25) is 0 Å². The van der Waals surface area contributed by atoms with Gasteiger partial charge in [-0.3, -0.25) is 0 Å². The van der Waals surface area contributed by atoms with E-state index in [0.717, 1.165) is 56.2 Å². The Balaban J connectivity index is 1.54. The summed E-state index contributed by atoms with van der Waals surface area (Å²) in [4.78, 5) is 0. The normalized spacial score (nSPS) is 21.2. The van der Waals surface area contributed by atoms with Gasteiger partial charge in [-0.05, 0) is 56.5 Å². The third-order valence-corrected chi connectivity index (χ3v) is 5.12. The van der Waals surface area contributed by atoms with Crippen molar-refractivity contribution >= 4 is 0 Å². The topological polar surface area (TPSA) is 39.0 Å². The zero-order chi connectivity index (χ0) is 17.7. The molecule has 0 bridgehead atoms. The van der Waals surface area contributed by atoms with Crippen molar-refractivity contribution in [3.63, 3.8) is 0 Å². The molecule has 0 aliphatic carbocycles. The molecule has 2 aromatic rings. The van der Waals surface area contributed by atoms with Crippen LogP contribution in [0.5, 0.6) is 0 Å². The predicted molar refractivity (Wildman–Crippen MR) is 96.0 cm³/mol. The van der Waals surface area contributed by atoms with Crippen LogP contribution < -0.4 is 5.32 Å². The highest BCUT2D eigenvalue weighted by molar-refractivity contribution is 5.27. The van der Waals surface area contributed by atoms with Crippen molar-refractivity contribution in [3.8, 4) is 0 Å². The summed E-state index contributed by atoms with van der Waals surface area (Å²) < 4.78 is 24.7. The number of halogens is 1. The summed E-state index contributed by atoms with van der Waals surface area (Å²) in [6, 6.07) is 10.7. The molecular weight excluding hydrogens is 317 g/mol. The van der Waals surface area contributed by atoms with Gasteiger partial charge in [-0.15, -0.1) is 0 Å². The molecule has 4 heteroatoms. The first-order chi connectivity index (χ1) is 12.0. The molecule has 2 heterocycles. The van der Waals surface area contributed by atoms with E-state index in [1.165, 1.54) is 12.1 Å². The predicted octanol–water partition coefficient (Wildman–Crippen LogP) is 3.71. The number of ether oxygens (including phenoxy) is 1. The quantitative estimate of drug-likeness (QED) is 0.776. The first-order valence-electron chi connectivity index (χ1n) is 9.28. The fraction of sp³-hybridized carbons (Fsp3) is 0.524. The maximum absolute atomic E-state index is 13.2. The van der Waals surface area contributed by atoms with E-state index >= 15 is 0 Å². The van der Waals surface area contributed by atoms with E-state index in [1.54, 1.807) is 6.26 Å². The molecule has 3 nitrogen and oxygen atoms in total. The minimum absolute atomic E-state index is 0.0154. The molecule has 0 radical (unpaired) electrons. The van der Waals surface area contributed by atoms with Crippen LogP contribution >= 0.6 is 0 Å². The molecule has 0 unspecified atom stereocenters. The Kier molecular flexibility index (Phi) is 5.92. The van der Waals surface area contributed by atoms with Gasteiger partial charge >= 0.3 is 0 Å². The third-order valence-electron chi connectivity index (χ3n) is 5.12. The minimum Gasteiger partial charge on any atom is -0.469 e. The van der Waals surface area contributed by atoms with Crippen LogP contribution in [0.3, 0.4) is 0 Å². The molecular formula is C21H29FNO2+. The summed E-state index contributed by atoms with van der Waals surface area (Å²) in [5, 5.41) is 2.41. The number of quaternary nitrogens is 1. The van der Waals surface area contributed by atoms with Crippen molar-refractivity contribution in [1.82, 2.24) is 0 Å². The lowest BCUT2D eigenvalue weighted by molar-refractivity contribution is -0.661. The zero-order valence-corrected chi connectivity index (χ0v) is 15.2. The van der Waals surface area contributed by atoms with Gasteiger partial charge in [0.2, 0.25) is 0 Å². The van der Waals surface area contributed by atoms with E-state index in [0.29, 0.717) is 0 Å². The van der Waals surface area contributed by atoms with Crippen molar-refractivity contribution in [1.29, 1.82) is 0 Å². The Morgan fingerprint density at radius 3 is 2.72 bits per heavy atom. The Morgan fingerprint density at radius 2 is 2.04 bits per heavy atom. The van der Waals surface area contributed by atoms with E-state index < -0.39 is 0 Å². The van der Waals surface area contributed by atoms with Crippen LogP contribution in [0.15, 0.2) is 47.1 Å². The number of rotatable bonds is 7. The van der Waals surface area contributed by atoms with Gasteiger partial charge in [0.15, 0.2) is 0 Å². The smallest absolute Gasteiger partial charge is 0.123 e. The molecule has 1 aliphatic rings. The molecule has 1 aromatic carbocycles. The van der Waals surface area contributed by atoms with Crippen molar-refractivity contribution < 1.29 is 18.9 Å². The summed E-state index contributed by atoms with van der Waals surface area (Å²) in [5.41, 5.74) is 1.12. The lowest BCUT2D eigenvalue weighted by Gasteiger charge is -2.34. The summed E-state index contributed by atoms with van der Waals surface area (Å²) in [5.74, 6) is 1.65. The molecule has 136 valence electrons. The lowest BCUT2D eigenvalue weighted by Crippen LogP contribution is -2.86. The molecule has 0 amide bonds. The average Bonchev–Trinajstić information content (AvgIpc) is 3.09. The molecule has 2 atom stereocenters. The number of hydrogen-bond acceptors (Lipinski definition) is 2. The number of hydrogen-bond donors (Lipinski definition) is 1. The number of nitrogens with two attached hydrogens (primary N) is 1. The Morgan fingerprint density at radius 1 is 1.24 bits per heavy atom. The van der Waals surface area contributed by atoms with Gasteiger partial charge in [-0.2, -0.15) is 0 Å². The molecule has 1 fully saturated rings. The summed E-state index contributed by atoms with van der Waals surface area (Å²) in [7, 11) is 0. The SMILES string of the molecule is CC1(C)C[C@H](C[NH2+]CC[C@@H](c2ccc(F)cc2)c2ccco2)CCO1. The summed E-state index contributed by atoms with van der Waals surface area (Å²) >= 11 is 0. The largest absolute Gasteiger partial charge is 0.469 e. The average molecular weight is 346 g/mol. The second kappa shape index (κ2) is 8.15. The van der Waals surface area contributed by atoms with Crippen LogP contribution in [-0.4, -0.2) is 25.3 Å². The molecule has 3 rings (SSSR count). The standard InChI is InChI=1S/C21H28FNO2/c1-21(2)14-16(10-13-25-21)15-23-11-9-19(20-4-3-12-24-20)17-5-7-18(22)8-6-17/h3-8,12,16,19,23H,9-11,13-15H2,1-2H3/p+1/t16-,19+/m1/s1. The van der Waals surface area contributed by atoms with Crippen molar-refractivity contribution in [2.75, 3.05) is 19.7 Å². The molecule has 1 aliphatic heterocycles. The first kappa shape index (κ1) is 18.2. The van der Waals surface area contributed by atoms with Gasteiger partial charge in [0, 0.05) is 24.9 Å². The van der Waals surface area contributed by atoms with Crippen LogP contribution in [0, 0.1) is 11.7 Å². The van der Waals surface area contributed by atoms with E-state index in [9.17, 15) is 4.39 Å². The van der Waals surface area contributed by atoms with E-state index in [-0.39, 0.29) is 17.3 Å². The van der Waals surface area contributed by atoms with Crippen LogP contribution in [0.4, 0.5) is 4.39 Å². The van der Waals surface area contributed by atoms with Crippen molar-refractivity contribution in [2.24, 2.45) is 5.92 Å². The second-order valence-corrected chi connectivity index (χ2v) is 7.69. The number of furan rings is 1. The van der Waals surface area contributed by atoms with Gasteiger partial charge in [0.25, 0.3) is 0 Å². The monoisotopic (exact) mass is 346 g/mol. The molecule has 1 aromatic heterocycles. The molecule has 1 saturated heterocycles. The highest BCUT2D eigenvalue weighted by Gasteiger charge is 2.29. The maximum atomic E-state index is 13.2. The molecule has 2 N–H and O–H groups in total. The Hall–Kier alpha value is -1.65. The second-order valence-electron chi connectivity index (χ2n) is 7.69. The molecule has 0 saturated carbocycles. The summed E-state index contributed by atoms with van der Waals surface area (Å²) in [6.45, 7) is 7.40. The van der Waals surface area contributed by atoms with E-state index in [2.05, 4.69) is 19.2 Å². The molecule has 0 spiro atoms. The zero-order valence-electron chi connectivity index (χ0n) is 15.2. The highest BCUT2D eigenvalue weighted by atomic mass is 19.1. The fourth-order valence-corrected chi connectivity index (χ4v) is 3.86. The van der Waals surface area contributed by atoms with Gasteiger partial charge in [-0.25, -0.2) is 4.39 Å². The van der Waals surface area contributed by atoms with Crippen molar-refractivity contribution in [3.05, 3.63) is 59.8 Å². The van der Waals surface area contributed by atoms with Gasteiger partial charge in [-0.1, -0.05) is 12.1 Å². The Labute approximate surface area is 149 Å². The van der Waals surface area contributed by atoms with E-state index in [4.69, 9.17) is 9.15 Å². The van der Waals surface area contributed by atoms with Gasteiger partial charge in [0.05, 0.1) is 25.0 Å². The third kappa shape index (κ3) is 5.16. The van der Waals surface area contributed by atoms with Crippen LogP contribution in [0.1, 0.15) is 50.4 Å². The van der Waals surface area contributed by atoms with Gasteiger partial charge in [0.1, 0.15) is 11.6 Å². The maximum Gasteiger partial charge on any atom is 0.123 e. The minimum atomic E-state index is -0.198. The lowest BCUT2D eigenvalue weighted by atomic mass is 9.88. The summed E-state index contributed by atoms with van der Waals surface area (Å²) in [6.07, 6.45) is 4.97. The van der Waals surface area contributed by atoms with Crippen LogP contribution in [-0.2, 0) is 4.74 Å². The molecule has 25 heavy (non-hydrogen) atoms. The highest BCUT2D eigenvalue weighted by Crippen LogP contribution is 2.29. The Bertz CT molecular complexity index is 636. The first-order valence-corrected chi connectivity index (χ1v) is 9.28.